The van der Waals surface area contributed by atoms with E-state index in [1.54, 1.807) is 6.07 Å². The number of halogens is 3. The maximum Gasteiger partial charge on any atom is 0.281 e. The van der Waals surface area contributed by atoms with E-state index in [1.165, 1.54) is 6.07 Å². The Morgan fingerprint density at radius 3 is 2.79 bits per heavy atom. The standard InChI is InChI=1S/C8H6ClF2N3/c9-4-3-5(13)6(1-2-12)14-7(4)8(10)11/h3,8H,1,13H2. The topological polar surface area (TPSA) is 62.7 Å². The second-order valence-corrected chi connectivity index (χ2v) is 2.93. The summed E-state index contributed by atoms with van der Waals surface area (Å²) in [6.07, 6.45) is -2.87. The summed E-state index contributed by atoms with van der Waals surface area (Å²) in [6, 6.07) is 2.96. The lowest BCUT2D eigenvalue weighted by atomic mass is 10.2. The van der Waals surface area contributed by atoms with Crippen LogP contribution in [0.25, 0.3) is 0 Å². The van der Waals surface area contributed by atoms with Gasteiger partial charge in [0.05, 0.1) is 28.9 Å². The summed E-state index contributed by atoms with van der Waals surface area (Å²) in [4.78, 5) is 3.53. The average Bonchev–Trinajstić information content (AvgIpc) is 2.09. The van der Waals surface area contributed by atoms with Crippen molar-refractivity contribution < 1.29 is 8.78 Å². The molecular weight excluding hydrogens is 212 g/mol. The number of nitrogen functional groups attached to an aromatic ring is 1. The SMILES string of the molecule is N#CCc1nc(C(F)F)c(Cl)cc1N. The van der Waals surface area contributed by atoms with Crippen molar-refractivity contribution in [2.24, 2.45) is 0 Å². The molecule has 0 aliphatic rings. The zero-order chi connectivity index (χ0) is 10.7. The fraction of sp³-hybridized carbons (Fsp3) is 0.250. The molecule has 0 spiro atoms. The molecule has 0 radical (unpaired) electrons. The zero-order valence-corrected chi connectivity index (χ0v) is 7.72. The summed E-state index contributed by atoms with van der Waals surface area (Å²) in [5.74, 6) is 0. The van der Waals surface area contributed by atoms with E-state index in [4.69, 9.17) is 22.6 Å². The number of rotatable bonds is 2. The van der Waals surface area contributed by atoms with Gasteiger partial charge in [0.1, 0.15) is 5.69 Å². The maximum atomic E-state index is 12.3. The monoisotopic (exact) mass is 217 g/mol. The van der Waals surface area contributed by atoms with Gasteiger partial charge in [-0.25, -0.2) is 13.8 Å². The number of alkyl halides is 2. The van der Waals surface area contributed by atoms with Crippen LogP contribution in [0.4, 0.5) is 14.5 Å². The summed E-state index contributed by atoms with van der Waals surface area (Å²) in [5, 5.41) is 8.20. The highest BCUT2D eigenvalue weighted by atomic mass is 35.5. The number of anilines is 1. The molecular formula is C8H6ClF2N3. The van der Waals surface area contributed by atoms with Gasteiger partial charge >= 0.3 is 0 Å². The van der Waals surface area contributed by atoms with Crippen molar-refractivity contribution in [2.75, 3.05) is 5.73 Å². The van der Waals surface area contributed by atoms with Gasteiger partial charge in [-0.1, -0.05) is 11.6 Å². The molecule has 1 aromatic rings. The van der Waals surface area contributed by atoms with Crippen molar-refractivity contribution in [1.29, 1.82) is 5.26 Å². The highest BCUT2D eigenvalue weighted by molar-refractivity contribution is 6.31. The van der Waals surface area contributed by atoms with E-state index in [9.17, 15) is 8.78 Å². The van der Waals surface area contributed by atoms with Crippen molar-refractivity contribution in [3.63, 3.8) is 0 Å². The van der Waals surface area contributed by atoms with Gasteiger partial charge in [0.2, 0.25) is 0 Å². The average molecular weight is 218 g/mol. The van der Waals surface area contributed by atoms with Crippen LogP contribution in [0, 0.1) is 11.3 Å². The van der Waals surface area contributed by atoms with Crippen LogP contribution in [0.15, 0.2) is 6.07 Å². The van der Waals surface area contributed by atoms with E-state index >= 15 is 0 Å². The highest BCUT2D eigenvalue weighted by Gasteiger charge is 2.16. The van der Waals surface area contributed by atoms with E-state index in [2.05, 4.69) is 4.98 Å². The van der Waals surface area contributed by atoms with E-state index in [0.29, 0.717) is 0 Å². The number of aromatic nitrogens is 1. The van der Waals surface area contributed by atoms with Crippen molar-refractivity contribution in [1.82, 2.24) is 4.98 Å². The predicted octanol–water partition coefficient (Wildman–Crippen LogP) is 2.32. The Hall–Kier alpha value is -1.41. The van der Waals surface area contributed by atoms with Crippen LogP contribution >= 0.6 is 11.6 Å². The predicted molar refractivity (Wildman–Crippen MR) is 47.9 cm³/mol. The molecule has 6 heteroatoms. The van der Waals surface area contributed by atoms with Crippen LogP contribution in [-0.2, 0) is 6.42 Å². The number of hydrogen-bond acceptors (Lipinski definition) is 3. The van der Waals surface area contributed by atoms with E-state index in [-0.39, 0.29) is 22.8 Å². The first kappa shape index (κ1) is 10.7. The number of hydrogen-bond donors (Lipinski definition) is 1. The van der Waals surface area contributed by atoms with E-state index in [1.807, 2.05) is 0 Å². The second-order valence-electron chi connectivity index (χ2n) is 2.53. The van der Waals surface area contributed by atoms with Gasteiger partial charge in [0.15, 0.2) is 0 Å². The van der Waals surface area contributed by atoms with Gasteiger partial charge in [-0.3, -0.25) is 0 Å². The molecule has 1 rings (SSSR count). The molecule has 0 aliphatic heterocycles. The maximum absolute atomic E-state index is 12.3. The molecule has 1 heterocycles. The lowest BCUT2D eigenvalue weighted by Gasteiger charge is -2.06. The first-order chi connectivity index (χ1) is 6.56. The van der Waals surface area contributed by atoms with E-state index in [0.717, 1.165) is 0 Å². The number of nitrogens with zero attached hydrogens (tertiary/aromatic N) is 2. The fourth-order valence-corrected chi connectivity index (χ4v) is 1.17. The van der Waals surface area contributed by atoms with Crippen molar-refractivity contribution in [3.05, 3.63) is 22.5 Å². The Labute approximate surface area is 84.1 Å². The summed E-state index contributed by atoms with van der Waals surface area (Å²) in [5.41, 5.74) is 5.18. The molecule has 0 aliphatic carbocycles. The third kappa shape index (κ3) is 2.09. The summed E-state index contributed by atoms with van der Waals surface area (Å²) in [7, 11) is 0. The second kappa shape index (κ2) is 4.20. The van der Waals surface area contributed by atoms with Crippen LogP contribution in [0.3, 0.4) is 0 Å². The molecule has 0 unspecified atom stereocenters. The van der Waals surface area contributed by atoms with Crippen molar-refractivity contribution >= 4 is 17.3 Å². The molecule has 74 valence electrons. The van der Waals surface area contributed by atoms with E-state index < -0.39 is 12.1 Å². The van der Waals surface area contributed by atoms with Crippen molar-refractivity contribution in [3.8, 4) is 6.07 Å². The molecule has 3 nitrogen and oxygen atoms in total. The molecule has 0 atom stereocenters. The molecule has 14 heavy (non-hydrogen) atoms. The molecule has 0 saturated carbocycles. The van der Waals surface area contributed by atoms with Gasteiger partial charge in [0.25, 0.3) is 6.43 Å². The zero-order valence-electron chi connectivity index (χ0n) is 6.97. The minimum Gasteiger partial charge on any atom is -0.397 e. The molecule has 1 aromatic heterocycles. The van der Waals surface area contributed by atoms with Crippen LogP contribution in [0.2, 0.25) is 5.02 Å². The number of pyridine rings is 1. The Morgan fingerprint density at radius 2 is 2.29 bits per heavy atom. The molecule has 0 bridgehead atoms. The van der Waals surface area contributed by atoms with Crippen molar-refractivity contribution in [2.45, 2.75) is 12.8 Å². The third-order valence-electron chi connectivity index (χ3n) is 1.57. The molecule has 0 aromatic carbocycles. The Balaban J connectivity index is 3.21. The van der Waals surface area contributed by atoms with Crippen LogP contribution in [-0.4, -0.2) is 4.98 Å². The fourth-order valence-electron chi connectivity index (χ4n) is 0.927. The van der Waals surface area contributed by atoms with Crippen LogP contribution in [0.1, 0.15) is 17.8 Å². The Kier molecular flexibility index (Phi) is 3.20. The minimum atomic E-state index is -2.76. The van der Waals surface area contributed by atoms with Gasteiger partial charge < -0.3 is 5.73 Å². The van der Waals surface area contributed by atoms with Gasteiger partial charge in [-0.15, -0.1) is 0 Å². The molecule has 0 fully saturated rings. The largest absolute Gasteiger partial charge is 0.397 e. The first-order valence-electron chi connectivity index (χ1n) is 3.66. The number of nitrogens with two attached hydrogens (primary N) is 1. The molecule has 0 saturated heterocycles. The lowest BCUT2D eigenvalue weighted by Crippen LogP contribution is -2.02. The third-order valence-corrected chi connectivity index (χ3v) is 1.87. The highest BCUT2D eigenvalue weighted by Crippen LogP contribution is 2.28. The lowest BCUT2D eigenvalue weighted by molar-refractivity contribution is 0.146. The van der Waals surface area contributed by atoms with Crippen LogP contribution in [0.5, 0.6) is 0 Å². The van der Waals surface area contributed by atoms with Gasteiger partial charge in [0, 0.05) is 0 Å². The minimum absolute atomic E-state index is 0.108. The Morgan fingerprint density at radius 1 is 1.64 bits per heavy atom. The normalized spacial score (nSPS) is 10.2. The molecule has 0 amide bonds. The Bertz CT molecular complexity index is 387. The summed E-state index contributed by atoms with van der Waals surface area (Å²) < 4.78 is 24.6. The quantitative estimate of drug-likeness (QED) is 0.827. The summed E-state index contributed by atoms with van der Waals surface area (Å²) in [6.45, 7) is 0. The smallest absolute Gasteiger partial charge is 0.281 e. The molecule has 2 N–H and O–H groups in total. The number of nitriles is 1. The first-order valence-corrected chi connectivity index (χ1v) is 4.04. The van der Waals surface area contributed by atoms with Gasteiger partial charge in [-0.2, -0.15) is 5.26 Å². The van der Waals surface area contributed by atoms with Crippen LogP contribution < -0.4 is 5.73 Å². The van der Waals surface area contributed by atoms with Gasteiger partial charge in [-0.05, 0) is 6.07 Å². The summed E-state index contributed by atoms with van der Waals surface area (Å²) >= 11 is 5.49.